The predicted molar refractivity (Wildman–Crippen MR) is 111 cm³/mol. The van der Waals surface area contributed by atoms with E-state index in [2.05, 4.69) is 11.4 Å². The van der Waals surface area contributed by atoms with Crippen LogP contribution in [0, 0.1) is 11.3 Å². The van der Waals surface area contributed by atoms with Gasteiger partial charge < -0.3 is 19.7 Å². The van der Waals surface area contributed by atoms with Crippen molar-refractivity contribution in [1.29, 1.82) is 5.26 Å². The second-order valence-corrected chi connectivity index (χ2v) is 7.09. The molecule has 0 aliphatic carbocycles. The van der Waals surface area contributed by atoms with E-state index in [1.54, 1.807) is 23.1 Å². The SMILES string of the molecule is COc1ccc(C(C#N)NC(=O)[C@@H]2CCCN2C(=O)Cc2ccccc2)cc1OC. The summed E-state index contributed by atoms with van der Waals surface area (Å²) in [5.41, 5.74) is 1.50. The van der Waals surface area contributed by atoms with Crippen molar-refractivity contribution in [3.8, 4) is 17.6 Å². The fourth-order valence-corrected chi connectivity index (χ4v) is 3.67. The van der Waals surface area contributed by atoms with Crippen molar-refractivity contribution < 1.29 is 19.1 Å². The number of nitrogens with one attached hydrogen (secondary N) is 1. The lowest BCUT2D eigenvalue weighted by molar-refractivity contribution is -0.138. The molecule has 2 amide bonds. The molecule has 0 spiro atoms. The molecule has 0 radical (unpaired) electrons. The zero-order valence-corrected chi connectivity index (χ0v) is 17.1. The van der Waals surface area contributed by atoms with Gasteiger partial charge in [-0.25, -0.2) is 0 Å². The third-order valence-electron chi connectivity index (χ3n) is 5.23. The van der Waals surface area contributed by atoms with Gasteiger partial charge in [-0.1, -0.05) is 36.4 Å². The summed E-state index contributed by atoms with van der Waals surface area (Å²) in [7, 11) is 3.04. The van der Waals surface area contributed by atoms with E-state index in [-0.39, 0.29) is 18.2 Å². The summed E-state index contributed by atoms with van der Waals surface area (Å²) < 4.78 is 10.5. The van der Waals surface area contributed by atoms with E-state index in [1.165, 1.54) is 14.2 Å². The first kappa shape index (κ1) is 21.2. The van der Waals surface area contributed by atoms with Crippen LogP contribution in [-0.2, 0) is 16.0 Å². The van der Waals surface area contributed by atoms with Crippen LogP contribution in [0.3, 0.4) is 0 Å². The van der Waals surface area contributed by atoms with Gasteiger partial charge in [0.2, 0.25) is 11.8 Å². The van der Waals surface area contributed by atoms with Crippen LogP contribution in [0.5, 0.6) is 11.5 Å². The maximum atomic E-state index is 12.9. The molecular weight excluding hydrogens is 382 g/mol. The number of benzene rings is 2. The van der Waals surface area contributed by atoms with Crippen LogP contribution < -0.4 is 14.8 Å². The van der Waals surface area contributed by atoms with Gasteiger partial charge in [0.25, 0.3) is 0 Å². The Kier molecular flexibility index (Phi) is 6.91. The highest BCUT2D eigenvalue weighted by atomic mass is 16.5. The largest absolute Gasteiger partial charge is 0.493 e. The number of hydrogen-bond acceptors (Lipinski definition) is 5. The van der Waals surface area contributed by atoms with Crippen LogP contribution in [0.4, 0.5) is 0 Å². The van der Waals surface area contributed by atoms with Gasteiger partial charge in [0.05, 0.1) is 26.7 Å². The molecule has 2 atom stereocenters. The summed E-state index contributed by atoms with van der Waals surface area (Å²) >= 11 is 0. The molecule has 156 valence electrons. The van der Waals surface area contributed by atoms with E-state index < -0.39 is 12.1 Å². The van der Waals surface area contributed by atoms with Crippen LogP contribution in [0.25, 0.3) is 0 Å². The van der Waals surface area contributed by atoms with Gasteiger partial charge in [0.1, 0.15) is 12.1 Å². The number of ether oxygens (including phenoxy) is 2. The highest BCUT2D eigenvalue weighted by molar-refractivity contribution is 5.89. The Morgan fingerprint density at radius 1 is 1.17 bits per heavy atom. The summed E-state index contributed by atoms with van der Waals surface area (Å²) in [5.74, 6) is 0.608. The molecule has 1 N–H and O–H groups in total. The van der Waals surface area contributed by atoms with Crippen LogP contribution in [0.1, 0.15) is 30.0 Å². The maximum Gasteiger partial charge on any atom is 0.244 e. The van der Waals surface area contributed by atoms with Gasteiger partial charge >= 0.3 is 0 Å². The van der Waals surface area contributed by atoms with Crippen LogP contribution in [0.15, 0.2) is 48.5 Å². The normalized spacial score (nSPS) is 16.4. The highest BCUT2D eigenvalue weighted by Crippen LogP contribution is 2.30. The first-order valence-corrected chi connectivity index (χ1v) is 9.82. The van der Waals surface area contributed by atoms with Crippen molar-refractivity contribution in [3.63, 3.8) is 0 Å². The minimum atomic E-state index is -0.857. The lowest BCUT2D eigenvalue weighted by Gasteiger charge is -2.25. The second-order valence-electron chi connectivity index (χ2n) is 7.09. The van der Waals surface area contributed by atoms with E-state index in [1.807, 2.05) is 30.3 Å². The maximum absolute atomic E-state index is 12.9. The number of methoxy groups -OCH3 is 2. The first-order valence-electron chi connectivity index (χ1n) is 9.82. The molecule has 1 heterocycles. The average Bonchev–Trinajstić information content (AvgIpc) is 3.28. The predicted octanol–water partition coefficient (Wildman–Crippen LogP) is 2.62. The molecule has 7 nitrogen and oxygen atoms in total. The molecule has 0 saturated carbocycles. The molecular formula is C23H25N3O4. The quantitative estimate of drug-likeness (QED) is 0.762. The Morgan fingerprint density at radius 3 is 2.57 bits per heavy atom. The van der Waals surface area contributed by atoms with E-state index in [0.717, 1.165) is 12.0 Å². The van der Waals surface area contributed by atoms with Crippen molar-refractivity contribution in [1.82, 2.24) is 10.2 Å². The summed E-state index contributed by atoms with van der Waals surface area (Å²) in [6.07, 6.45) is 1.59. The average molecular weight is 407 g/mol. The monoisotopic (exact) mass is 407 g/mol. The highest BCUT2D eigenvalue weighted by Gasteiger charge is 2.35. The topological polar surface area (TPSA) is 91.7 Å². The molecule has 1 unspecified atom stereocenters. The number of likely N-dealkylation sites (tertiary alicyclic amines) is 1. The molecule has 30 heavy (non-hydrogen) atoms. The van der Waals surface area contributed by atoms with Gasteiger partial charge in [-0.2, -0.15) is 5.26 Å². The van der Waals surface area contributed by atoms with Crippen LogP contribution in [0.2, 0.25) is 0 Å². The number of carbonyl (C=O) groups excluding carboxylic acids is 2. The minimum absolute atomic E-state index is 0.0847. The molecule has 0 bridgehead atoms. The smallest absolute Gasteiger partial charge is 0.244 e. The molecule has 2 aromatic rings. The van der Waals surface area contributed by atoms with E-state index in [4.69, 9.17) is 9.47 Å². The van der Waals surface area contributed by atoms with Crippen LogP contribution >= 0.6 is 0 Å². The van der Waals surface area contributed by atoms with Crippen molar-refractivity contribution >= 4 is 11.8 Å². The number of carbonyl (C=O) groups is 2. The third-order valence-corrected chi connectivity index (χ3v) is 5.23. The molecule has 2 aromatic carbocycles. The van der Waals surface area contributed by atoms with Gasteiger partial charge in [-0.05, 0) is 36.1 Å². The Labute approximate surface area is 176 Å². The lowest BCUT2D eigenvalue weighted by Crippen LogP contribution is -2.47. The summed E-state index contributed by atoms with van der Waals surface area (Å²) in [6, 6.07) is 15.2. The van der Waals surface area contributed by atoms with Gasteiger partial charge in [0, 0.05) is 6.54 Å². The molecule has 1 fully saturated rings. The van der Waals surface area contributed by atoms with Crippen molar-refractivity contribution in [2.24, 2.45) is 0 Å². The summed E-state index contributed by atoms with van der Waals surface area (Å²) in [5, 5.41) is 12.4. The molecule has 3 rings (SSSR count). The third kappa shape index (κ3) is 4.71. The van der Waals surface area contributed by atoms with Crippen molar-refractivity contribution in [3.05, 3.63) is 59.7 Å². The van der Waals surface area contributed by atoms with Crippen molar-refractivity contribution in [2.75, 3.05) is 20.8 Å². The van der Waals surface area contributed by atoms with Gasteiger partial charge in [0.15, 0.2) is 11.5 Å². The number of nitrogens with zero attached hydrogens (tertiary/aromatic N) is 2. The van der Waals surface area contributed by atoms with E-state index in [0.29, 0.717) is 30.0 Å². The minimum Gasteiger partial charge on any atom is -0.493 e. The number of nitriles is 1. The van der Waals surface area contributed by atoms with E-state index >= 15 is 0 Å². The van der Waals surface area contributed by atoms with Gasteiger partial charge in [-0.3, -0.25) is 9.59 Å². The Morgan fingerprint density at radius 2 is 1.90 bits per heavy atom. The standard InChI is InChI=1S/C23H25N3O4/c1-29-20-11-10-17(14-21(20)30-2)18(15-24)25-23(28)19-9-6-12-26(19)22(27)13-16-7-4-3-5-8-16/h3-5,7-8,10-11,14,18-19H,6,9,12-13H2,1-2H3,(H,25,28)/t18?,19-/m0/s1. The number of hydrogen-bond donors (Lipinski definition) is 1. The Hall–Kier alpha value is -3.53. The molecule has 1 aliphatic rings. The van der Waals surface area contributed by atoms with Crippen molar-refractivity contribution in [2.45, 2.75) is 31.3 Å². The van der Waals surface area contributed by atoms with E-state index in [9.17, 15) is 14.9 Å². The zero-order valence-electron chi connectivity index (χ0n) is 17.1. The lowest BCUT2D eigenvalue weighted by atomic mass is 10.1. The Balaban J connectivity index is 1.70. The fourth-order valence-electron chi connectivity index (χ4n) is 3.67. The second kappa shape index (κ2) is 9.79. The molecule has 1 aliphatic heterocycles. The summed E-state index contributed by atoms with van der Waals surface area (Å²) in [4.78, 5) is 27.3. The number of amides is 2. The number of rotatable bonds is 7. The first-order chi connectivity index (χ1) is 14.6. The zero-order chi connectivity index (χ0) is 21.5. The fraction of sp³-hybridized carbons (Fsp3) is 0.348. The van der Waals surface area contributed by atoms with Gasteiger partial charge in [-0.15, -0.1) is 0 Å². The summed E-state index contributed by atoms with van der Waals surface area (Å²) in [6.45, 7) is 0.539. The molecule has 1 saturated heterocycles. The molecule has 7 heteroatoms. The Bertz CT molecular complexity index is 939. The van der Waals surface area contributed by atoms with Crippen LogP contribution in [-0.4, -0.2) is 43.5 Å². The molecule has 0 aromatic heterocycles.